The van der Waals surface area contributed by atoms with Gasteiger partial charge in [-0.05, 0) is 41.5 Å². The number of phenolic OH excluding ortho intramolecular Hbond substituents is 1. The summed E-state index contributed by atoms with van der Waals surface area (Å²) in [5.74, 6) is 0.113. The molecule has 0 unspecified atom stereocenters. The molecule has 0 aliphatic heterocycles. The highest BCUT2D eigenvalue weighted by Crippen LogP contribution is 2.33. The number of benzene rings is 1. The Morgan fingerprint density at radius 3 is 2.44 bits per heavy atom. The van der Waals surface area contributed by atoms with Crippen LogP contribution in [0.3, 0.4) is 0 Å². The van der Waals surface area contributed by atoms with Crippen LogP contribution in [0.2, 0.25) is 0 Å². The lowest BCUT2D eigenvalue weighted by atomic mass is 9.84. The van der Waals surface area contributed by atoms with Crippen LogP contribution in [-0.2, 0) is 21.4 Å². The minimum atomic E-state index is -0.209. The van der Waals surface area contributed by atoms with E-state index in [4.69, 9.17) is 0 Å². The standard InChI is InChI=1S/C15H22O3/c1-10-8-13(16)12(15(2,3)4)9-11(10)6-7-14(17)18-5/h8-9,16H,6-7H2,1-5H3. The molecule has 0 saturated heterocycles. The van der Waals surface area contributed by atoms with Crippen molar-refractivity contribution < 1.29 is 14.6 Å². The van der Waals surface area contributed by atoms with E-state index in [9.17, 15) is 9.90 Å². The number of phenols is 1. The second-order valence-electron chi connectivity index (χ2n) is 5.62. The minimum absolute atomic E-state index is 0.113. The number of esters is 1. The Bertz CT molecular complexity index is 442. The van der Waals surface area contributed by atoms with E-state index in [2.05, 4.69) is 25.5 Å². The summed E-state index contributed by atoms with van der Waals surface area (Å²) in [4.78, 5) is 11.2. The zero-order valence-electron chi connectivity index (χ0n) is 11.8. The van der Waals surface area contributed by atoms with Gasteiger partial charge in [-0.2, -0.15) is 0 Å². The van der Waals surface area contributed by atoms with E-state index in [-0.39, 0.29) is 11.4 Å². The number of carbonyl (C=O) groups is 1. The van der Waals surface area contributed by atoms with Crippen LogP contribution in [0, 0.1) is 6.92 Å². The molecule has 1 rings (SSSR count). The average Bonchev–Trinajstić information content (AvgIpc) is 2.25. The first-order valence-electron chi connectivity index (χ1n) is 6.15. The molecule has 0 fully saturated rings. The molecule has 1 aromatic rings. The van der Waals surface area contributed by atoms with Crippen molar-refractivity contribution >= 4 is 5.97 Å². The smallest absolute Gasteiger partial charge is 0.305 e. The Morgan fingerprint density at radius 1 is 1.33 bits per heavy atom. The first-order chi connectivity index (χ1) is 8.25. The van der Waals surface area contributed by atoms with E-state index >= 15 is 0 Å². The third kappa shape index (κ3) is 3.49. The molecule has 100 valence electrons. The number of aromatic hydroxyl groups is 1. The summed E-state index contributed by atoms with van der Waals surface area (Å²) in [6, 6.07) is 3.76. The lowest BCUT2D eigenvalue weighted by Gasteiger charge is -2.22. The van der Waals surface area contributed by atoms with Crippen molar-refractivity contribution in [2.45, 2.75) is 46.0 Å². The highest BCUT2D eigenvalue weighted by atomic mass is 16.5. The zero-order valence-corrected chi connectivity index (χ0v) is 11.8. The fourth-order valence-corrected chi connectivity index (χ4v) is 1.95. The predicted molar refractivity (Wildman–Crippen MR) is 71.9 cm³/mol. The van der Waals surface area contributed by atoms with Crippen LogP contribution in [-0.4, -0.2) is 18.2 Å². The number of rotatable bonds is 3. The zero-order chi connectivity index (χ0) is 13.9. The van der Waals surface area contributed by atoms with Crippen LogP contribution in [0.25, 0.3) is 0 Å². The number of carbonyl (C=O) groups excluding carboxylic acids is 1. The molecule has 0 heterocycles. The molecule has 1 N–H and O–H groups in total. The van der Waals surface area contributed by atoms with Crippen LogP contribution >= 0.6 is 0 Å². The van der Waals surface area contributed by atoms with Crippen molar-refractivity contribution in [2.75, 3.05) is 7.11 Å². The van der Waals surface area contributed by atoms with Gasteiger partial charge in [-0.25, -0.2) is 0 Å². The molecule has 0 atom stereocenters. The largest absolute Gasteiger partial charge is 0.508 e. The Hall–Kier alpha value is -1.51. The predicted octanol–water partition coefficient (Wildman–Crippen LogP) is 3.10. The maximum absolute atomic E-state index is 11.2. The molecule has 0 spiro atoms. The van der Waals surface area contributed by atoms with Gasteiger partial charge < -0.3 is 9.84 Å². The molecule has 0 aliphatic carbocycles. The summed E-state index contributed by atoms with van der Waals surface area (Å²) >= 11 is 0. The summed E-state index contributed by atoms with van der Waals surface area (Å²) in [6.45, 7) is 8.11. The summed E-state index contributed by atoms with van der Waals surface area (Å²) in [5.41, 5.74) is 2.89. The highest BCUT2D eigenvalue weighted by molar-refractivity contribution is 5.69. The van der Waals surface area contributed by atoms with Gasteiger partial charge in [0.1, 0.15) is 5.75 Å². The lowest BCUT2D eigenvalue weighted by molar-refractivity contribution is -0.140. The molecule has 0 saturated carbocycles. The topological polar surface area (TPSA) is 46.5 Å². The summed E-state index contributed by atoms with van der Waals surface area (Å²) in [5, 5.41) is 9.98. The maximum atomic E-state index is 11.2. The first-order valence-corrected chi connectivity index (χ1v) is 6.15. The van der Waals surface area contributed by atoms with E-state index in [1.165, 1.54) is 7.11 Å². The molecule has 0 aliphatic rings. The van der Waals surface area contributed by atoms with Crippen LogP contribution in [0.15, 0.2) is 12.1 Å². The van der Waals surface area contributed by atoms with Gasteiger partial charge in [0.25, 0.3) is 0 Å². The highest BCUT2D eigenvalue weighted by Gasteiger charge is 2.19. The van der Waals surface area contributed by atoms with Crippen LogP contribution in [0.1, 0.15) is 43.9 Å². The Kier molecular flexibility index (Phi) is 4.38. The van der Waals surface area contributed by atoms with Crippen molar-refractivity contribution in [3.63, 3.8) is 0 Å². The number of aryl methyl sites for hydroxylation is 2. The van der Waals surface area contributed by atoms with E-state index in [0.717, 1.165) is 16.7 Å². The van der Waals surface area contributed by atoms with E-state index in [1.54, 1.807) is 6.07 Å². The third-order valence-electron chi connectivity index (χ3n) is 3.09. The van der Waals surface area contributed by atoms with Crippen molar-refractivity contribution in [1.82, 2.24) is 0 Å². The summed E-state index contributed by atoms with van der Waals surface area (Å²) in [6.07, 6.45) is 1.01. The molecule has 3 heteroatoms. The van der Waals surface area contributed by atoms with E-state index in [0.29, 0.717) is 18.6 Å². The van der Waals surface area contributed by atoms with Crippen LogP contribution in [0.5, 0.6) is 5.75 Å². The third-order valence-corrected chi connectivity index (χ3v) is 3.09. The minimum Gasteiger partial charge on any atom is -0.508 e. The Morgan fingerprint density at radius 2 is 1.94 bits per heavy atom. The molecule has 3 nitrogen and oxygen atoms in total. The summed E-state index contributed by atoms with van der Waals surface area (Å²) < 4.78 is 4.64. The average molecular weight is 250 g/mol. The van der Waals surface area contributed by atoms with Gasteiger partial charge >= 0.3 is 5.97 Å². The number of hydrogen-bond donors (Lipinski definition) is 1. The molecular formula is C15H22O3. The normalized spacial score (nSPS) is 11.4. The molecule has 0 bridgehead atoms. The number of methoxy groups -OCH3 is 1. The van der Waals surface area contributed by atoms with Gasteiger partial charge in [-0.3, -0.25) is 4.79 Å². The fourth-order valence-electron chi connectivity index (χ4n) is 1.95. The summed E-state index contributed by atoms with van der Waals surface area (Å²) in [7, 11) is 1.40. The first kappa shape index (κ1) is 14.6. The SMILES string of the molecule is COC(=O)CCc1cc(C(C)(C)C)c(O)cc1C. The molecule has 0 radical (unpaired) electrons. The van der Waals surface area contributed by atoms with Gasteiger partial charge in [-0.1, -0.05) is 26.8 Å². The Balaban J connectivity index is 3.02. The van der Waals surface area contributed by atoms with Crippen molar-refractivity contribution in [3.05, 3.63) is 28.8 Å². The van der Waals surface area contributed by atoms with Crippen molar-refractivity contribution in [2.24, 2.45) is 0 Å². The molecular weight excluding hydrogens is 228 g/mol. The van der Waals surface area contributed by atoms with Gasteiger partial charge in [0.15, 0.2) is 0 Å². The molecule has 0 amide bonds. The Labute approximate surface area is 109 Å². The fraction of sp³-hybridized carbons (Fsp3) is 0.533. The van der Waals surface area contributed by atoms with Gasteiger partial charge in [-0.15, -0.1) is 0 Å². The maximum Gasteiger partial charge on any atom is 0.305 e. The number of hydrogen-bond acceptors (Lipinski definition) is 3. The van der Waals surface area contributed by atoms with Gasteiger partial charge in [0.2, 0.25) is 0 Å². The number of ether oxygens (including phenoxy) is 1. The monoisotopic (exact) mass is 250 g/mol. The van der Waals surface area contributed by atoms with E-state index < -0.39 is 0 Å². The quantitative estimate of drug-likeness (QED) is 0.838. The van der Waals surface area contributed by atoms with Gasteiger partial charge in [0.05, 0.1) is 7.11 Å². The second kappa shape index (κ2) is 5.42. The van der Waals surface area contributed by atoms with Crippen molar-refractivity contribution in [3.8, 4) is 5.75 Å². The van der Waals surface area contributed by atoms with Crippen LogP contribution in [0.4, 0.5) is 0 Å². The van der Waals surface area contributed by atoms with Gasteiger partial charge in [0, 0.05) is 6.42 Å². The lowest BCUT2D eigenvalue weighted by Crippen LogP contribution is -2.12. The van der Waals surface area contributed by atoms with Crippen molar-refractivity contribution in [1.29, 1.82) is 0 Å². The molecule has 18 heavy (non-hydrogen) atoms. The van der Waals surface area contributed by atoms with Crippen LogP contribution < -0.4 is 0 Å². The molecule has 1 aromatic carbocycles. The van der Waals surface area contributed by atoms with E-state index in [1.807, 2.05) is 13.0 Å². The second-order valence-corrected chi connectivity index (χ2v) is 5.62. The molecule has 0 aromatic heterocycles.